The summed E-state index contributed by atoms with van der Waals surface area (Å²) in [4.78, 5) is 0. The zero-order valence-corrected chi connectivity index (χ0v) is 11.3. The van der Waals surface area contributed by atoms with E-state index in [1.54, 1.807) is 0 Å². The van der Waals surface area contributed by atoms with Gasteiger partial charge >= 0.3 is 0 Å². The molecule has 0 bridgehead atoms. The first-order valence-electron chi connectivity index (χ1n) is 6.82. The van der Waals surface area contributed by atoms with Gasteiger partial charge in [0.25, 0.3) is 0 Å². The van der Waals surface area contributed by atoms with E-state index >= 15 is 0 Å². The molecule has 2 heteroatoms. The highest BCUT2D eigenvalue weighted by molar-refractivity contribution is 6.14. The lowest BCUT2D eigenvalue weighted by molar-refractivity contribution is 1.51. The van der Waals surface area contributed by atoms with Crippen LogP contribution in [-0.2, 0) is 0 Å². The highest BCUT2D eigenvalue weighted by Crippen LogP contribution is 2.34. The molecule has 21 heavy (non-hydrogen) atoms. The number of fused-ring (bicyclic) bond motifs is 3. The lowest BCUT2D eigenvalue weighted by Crippen LogP contribution is -1.91. The lowest BCUT2D eigenvalue weighted by atomic mass is 9.96. The first-order chi connectivity index (χ1) is 10.3. The maximum absolute atomic E-state index is 9.28. The summed E-state index contributed by atoms with van der Waals surface area (Å²) in [6, 6.07) is 22.5. The number of rotatable bonds is 0. The predicted molar refractivity (Wildman–Crippen MR) is 88.1 cm³/mol. The Balaban J connectivity index is 2.25. The summed E-state index contributed by atoms with van der Waals surface area (Å²) in [6.45, 7) is 0. The fraction of sp³-hybridized carbons (Fsp3) is 0. The Hall–Kier alpha value is -3.05. The molecule has 0 amide bonds. The molecule has 0 heterocycles. The minimum absolute atomic E-state index is 0.661. The van der Waals surface area contributed by atoms with Crippen LogP contribution in [0, 0.1) is 11.3 Å². The monoisotopic (exact) mass is 268 g/mol. The molecule has 0 spiro atoms. The Kier molecular flexibility index (Phi) is 2.36. The molecule has 4 aromatic rings. The molecule has 0 unspecified atom stereocenters. The molecule has 0 radical (unpaired) electrons. The molecule has 0 aliphatic heterocycles. The summed E-state index contributed by atoms with van der Waals surface area (Å²) < 4.78 is 0. The summed E-state index contributed by atoms with van der Waals surface area (Å²) in [5.74, 6) is 0. The highest BCUT2D eigenvalue weighted by Gasteiger charge is 2.08. The Morgan fingerprint density at radius 2 is 1.43 bits per heavy atom. The number of anilines is 1. The molecule has 98 valence electrons. The van der Waals surface area contributed by atoms with Crippen molar-refractivity contribution in [3.8, 4) is 6.07 Å². The number of benzene rings is 4. The van der Waals surface area contributed by atoms with E-state index in [1.165, 1.54) is 10.8 Å². The van der Waals surface area contributed by atoms with E-state index in [9.17, 15) is 5.26 Å². The second-order valence-electron chi connectivity index (χ2n) is 5.22. The van der Waals surface area contributed by atoms with E-state index in [2.05, 4.69) is 36.4 Å². The molecule has 0 aliphatic rings. The van der Waals surface area contributed by atoms with E-state index in [4.69, 9.17) is 5.73 Å². The smallest absolute Gasteiger partial charge is 0.0998 e. The van der Waals surface area contributed by atoms with Gasteiger partial charge in [0.2, 0.25) is 0 Å². The third kappa shape index (κ3) is 1.65. The van der Waals surface area contributed by atoms with Crippen molar-refractivity contribution in [2.45, 2.75) is 0 Å². The molecular weight excluding hydrogens is 256 g/mol. The van der Waals surface area contributed by atoms with Crippen LogP contribution in [0.5, 0.6) is 0 Å². The summed E-state index contributed by atoms with van der Waals surface area (Å²) in [5, 5.41) is 15.6. The third-order valence-corrected chi connectivity index (χ3v) is 4.02. The van der Waals surface area contributed by atoms with Gasteiger partial charge in [0, 0.05) is 21.8 Å². The average Bonchev–Trinajstić information content (AvgIpc) is 2.53. The molecule has 2 N–H and O–H groups in total. The van der Waals surface area contributed by atoms with Gasteiger partial charge in [-0.3, -0.25) is 0 Å². The maximum atomic E-state index is 9.28. The number of nitrogens with two attached hydrogens (primary N) is 1. The van der Waals surface area contributed by atoms with Crippen LogP contribution in [0.15, 0.2) is 60.7 Å². The van der Waals surface area contributed by atoms with Crippen LogP contribution in [0.1, 0.15) is 5.56 Å². The van der Waals surface area contributed by atoms with Gasteiger partial charge in [-0.2, -0.15) is 5.26 Å². The third-order valence-electron chi connectivity index (χ3n) is 4.02. The van der Waals surface area contributed by atoms with Gasteiger partial charge in [-0.05, 0) is 40.4 Å². The molecule has 0 aromatic heterocycles. The Morgan fingerprint density at radius 1 is 0.714 bits per heavy atom. The number of nitriles is 1. The number of hydrogen-bond acceptors (Lipinski definition) is 2. The largest absolute Gasteiger partial charge is 0.398 e. The lowest BCUT2D eigenvalue weighted by Gasteiger charge is -2.10. The van der Waals surface area contributed by atoms with Crippen molar-refractivity contribution in [3.63, 3.8) is 0 Å². The van der Waals surface area contributed by atoms with Gasteiger partial charge < -0.3 is 5.73 Å². The molecule has 0 atom stereocenters. The average molecular weight is 268 g/mol. The first kappa shape index (κ1) is 11.7. The fourth-order valence-corrected chi connectivity index (χ4v) is 2.96. The number of nitrogen functional groups attached to an aromatic ring is 1. The maximum Gasteiger partial charge on any atom is 0.0998 e. The summed E-state index contributed by atoms with van der Waals surface area (Å²) in [5.41, 5.74) is 7.76. The van der Waals surface area contributed by atoms with Crippen LogP contribution in [0.3, 0.4) is 0 Å². The van der Waals surface area contributed by atoms with Gasteiger partial charge in [-0.15, -0.1) is 0 Å². The van der Waals surface area contributed by atoms with Crippen molar-refractivity contribution in [2.24, 2.45) is 0 Å². The summed E-state index contributed by atoms with van der Waals surface area (Å²) in [7, 11) is 0. The molecule has 4 rings (SSSR count). The van der Waals surface area contributed by atoms with Gasteiger partial charge in [0.1, 0.15) is 0 Å². The van der Waals surface area contributed by atoms with Gasteiger partial charge in [0.15, 0.2) is 0 Å². The molecular formula is C19H12N2. The van der Waals surface area contributed by atoms with E-state index in [0.29, 0.717) is 5.56 Å². The van der Waals surface area contributed by atoms with Crippen molar-refractivity contribution in [3.05, 3.63) is 66.2 Å². The van der Waals surface area contributed by atoms with Gasteiger partial charge in [-0.25, -0.2) is 0 Å². The van der Waals surface area contributed by atoms with Crippen LogP contribution in [0.25, 0.3) is 32.3 Å². The SMILES string of the molecule is N#Cc1cccc2c(N)c3cc4ccccc4cc3cc12. The summed E-state index contributed by atoms with van der Waals surface area (Å²) in [6.07, 6.45) is 0. The van der Waals surface area contributed by atoms with Crippen LogP contribution >= 0.6 is 0 Å². The van der Waals surface area contributed by atoms with Crippen LogP contribution in [-0.4, -0.2) is 0 Å². The second kappa shape index (κ2) is 4.22. The molecule has 0 saturated heterocycles. The van der Waals surface area contributed by atoms with E-state index < -0.39 is 0 Å². The van der Waals surface area contributed by atoms with Gasteiger partial charge in [0.05, 0.1) is 11.6 Å². The Morgan fingerprint density at radius 3 is 2.19 bits per heavy atom. The van der Waals surface area contributed by atoms with Crippen molar-refractivity contribution in [1.29, 1.82) is 5.26 Å². The van der Waals surface area contributed by atoms with Crippen molar-refractivity contribution in [1.82, 2.24) is 0 Å². The predicted octanol–water partition coefficient (Wildman–Crippen LogP) is 4.60. The van der Waals surface area contributed by atoms with Crippen molar-refractivity contribution in [2.75, 3.05) is 5.73 Å². The first-order valence-corrected chi connectivity index (χ1v) is 6.82. The van der Waals surface area contributed by atoms with Crippen LogP contribution < -0.4 is 5.73 Å². The quantitative estimate of drug-likeness (QED) is 0.374. The molecule has 0 saturated carbocycles. The molecule has 0 fully saturated rings. The van der Waals surface area contributed by atoms with E-state index in [0.717, 1.165) is 27.2 Å². The number of nitrogens with zero attached hydrogens (tertiary/aromatic N) is 1. The standard InChI is InChI=1S/C19H12N2/c20-11-14-6-3-7-16-17(14)10-15-8-12-4-1-2-5-13(12)9-18(15)19(16)21/h1-10H,21H2. The van der Waals surface area contributed by atoms with Crippen LogP contribution in [0.2, 0.25) is 0 Å². The van der Waals surface area contributed by atoms with E-state index in [-0.39, 0.29) is 0 Å². The van der Waals surface area contributed by atoms with E-state index in [1.807, 2.05) is 30.3 Å². The zero-order chi connectivity index (χ0) is 14.4. The second-order valence-corrected chi connectivity index (χ2v) is 5.22. The fourth-order valence-electron chi connectivity index (χ4n) is 2.96. The summed E-state index contributed by atoms with van der Waals surface area (Å²) >= 11 is 0. The highest BCUT2D eigenvalue weighted by atomic mass is 14.6. The molecule has 2 nitrogen and oxygen atoms in total. The molecule has 0 aliphatic carbocycles. The minimum Gasteiger partial charge on any atom is -0.398 e. The Labute approximate surface area is 122 Å². The minimum atomic E-state index is 0.661. The normalized spacial score (nSPS) is 11.0. The zero-order valence-electron chi connectivity index (χ0n) is 11.3. The molecule has 4 aromatic carbocycles. The van der Waals surface area contributed by atoms with Crippen molar-refractivity contribution < 1.29 is 0 Å². The van der Waals surface area contributed by atoms with Gasteiger partial charge in [-0.1, -0.05) is 36.4 Å². The topological polar surface area (TPSA) is 49.8 Å². The van der Waals surface area contributed by atoms with Crippen molar-refractivity contribution >= 4 is 38.0 Å². The van der Waals surface area contributed by atoms with Crippen LogP contribution in [0.4, 0.5) is 5.69 Å². The Bertz CT molecular complexity index is 1060. The number of hydrogen-bond donors (Lipinski definition) is 1.